The number of nitrogens with zero attached hydrogens (tertiary/aromatic N) is 2. The zero-order valence-electron chi connectivity index (χ0n) is 16.8. The van der Waals surface area contributed by atoms with E-state index >= 15 is 0 Å². The molecule has 0 saturated heterocycles. The number of esters is 1. The number of carbonyl (C=O) groups is 3. The summed E-state index contributed by atoms with van der Waals surface area (Å²) in [5.41, 5.74) is 1.57. The van der Waals surface area contributed by atoms with E-state index in [1.54, 1.807) is 14.1 Å². The van der Waals surface area contributed by atoms with Gasteiger partial charge in [-0.15, -0.1) is 6.58 Å². The molecule has 0 N–H and O–H groups in total. The fourth-order valence-corrected chi connectivity index (χ4v) is 2.60. The Labute approximate surface area is 170 Å². The van der Waals surface area contributed by atoms with Crippen LogP contribution >= 0.6 is 0 Å². The van der Waals surface area contributed by atoms with Crippen LogP contribution in [0.2, 0.25) is 0 Å². The highest BCUT2D eigenvalue weighted by molar-refractivity contribution is 6.01. The first kappa shape index (κ1) is 21.7. The smallest absolute Gasteiger partial charge is 0.414 e. The monoisotopic (exact) mass is 396 g/mol. The molecular formula is C22H24N2O5. The second-order valence-electron chi connectivity index (χ2n) is 6.40. The van der Waals surface area contributed by atoms with Crippen LogP contribution in [0.15, 0.2) is 61.2 Å². The number of benzene rings is 2. The Morgan fingerprint density at radius 1 is 1.03 bits per heavy atom. The molecule has 0 spiro atoms. The molecule has 0 aromatic heterocycles. The molecule has 0 saturated carbocycles. The first-order valence-corrected chi connectivity index (χ1v) is 8.91. The Morgan fingerprint density at radius 2 is 1.69 bits per heavy atom. The topological polar surface area (TPSA) is 76.1 Å². The van der Waals surface area contributed by atoms with Gasteiger partial charge in [0.15, 0.2) is 0 Å². The summed E-state index contributed by atoms with van der Waals surface area (Å²) in [6.45, 7) is 3.89. The van der Waals surface area contributed by atoms with Gasteiger partial charge in [-0.1, -0.05) is 36.4 Å². The van der Waals surface area contributed by atoms with E-state index in [-0.39, 0.29) is 30.2 Å². The molecule has 0 aliphatic heterocycles. The third kappa shape index (κ3) is 5.68. The predicted octanol–water partition coefficient (Wildman–Crippen LogP) is 3.50. The minimum Gasteiger partial charge on any atom is -0.465 e. The fourth-order valence-electron chi connectivity index (χ4n) is 2.60. The van der Waals surface area contributed by atoms with Gasteiger partial charge < -0.3 is 14.4 Å². The number of hydrogen-bond acceptors (Lipinski definition) is 5. The number of rotatable bonds is 7. The van der Waals surface area contributed by atoms with Crippen LogP contribution in [-0.2, 0) is 16.1 Å². The summed E-state index contributed by atoms with van der Waals surface area (Å²) in [4.78, 5) is 39.9. The molecule has 0 bridgehead atoms. The summed E-state index contributed by atoms with van der Waals surface area (Å²) in [5.74, 6) is -0.927. The molecule has 2 amide bonds. The second-order valence-corrected chi connectivity index (χ2v) is 6.40. The van der Waals surface area contributed by atoms with Crippen LogP contribution in [0, 0.1) is 0 Å². The quantitative estimate of drug-likeness (QED) is 0.529. The maximum atomic E-state index is 12.7. The van der Waals surface area contributed by atoms with E-state index in [1.165, 1.54) is 41.2 Å². The van der Waals surface area contributed by atoms with Crippen molar-refractivity contribution in [2.45, 2.75) is 6.61 Å². The van der Waals surface area contributed by atoms with Crippen molar-refractivity contribution in [1.82, 2.24) is 4.90 Å². The second kappa shape index (κ2) is 10.1. The molecule has 2 aromatic carbocycles. The molecule has 0 radical (unpaired) electrons. The number of anilines is 1. The molecule has 2 aromatic rings. The van der Waals surface area contributed by atoms with Gasteiger partial charge in [0.2, 0.25) is 0 Å². The maximum Gasteiger partial charge on any atom is 0.414 e. The van der Waals surface area contributed by atoms with E-state index in [2.05, 4.69) is 6.58 Å². The summed E-state index contributed by atoms with van der Waals surface area (Å²) >= 11 is 0. The number of ether oxygens (including phenoxy) is 2. The van der Waals surface area contributed by atoms with Gasteiger partial charge in [0.05, 0.1) is 12.7 Å². The lowest BCUT2D eigenvalue weighted by molar-refractivity contribution is 0.0600. The van der Waals surface area contributed by atoms with Gasteiger partial charge >= 0.3 is 12.1 Å². The van der Waals surface area contributed by atoms with Crippen molar-refractivity contribution in [2.24, 2.45) is 0 Å². The van der Waals surface area contributed by atoms with Crippen LogP contribution < -0.4 is 4.90 Å². The van der Waals surface area contributed by atoms with E-state index < -0.39 is 12.1 Å². The van der Waals surface area contributed by atoms with Gasteiger partial charge in [-0.2, -0.15) is 0 Å². The highest BCUT2D eigenvalue weighted by Crippen LogP contribution is 2.22. The zero-order chi connectivity index (χ0) is 21.4. The number of methoxy groups -OCH3 is 1. The van der Waals surface area contributed by atoms with Crippen molar-refractivity contribution in [3.05, 3.63) is 77.9 Å². The predicted molar refractivity (Wildman–Crippen MR) is 110 cm³/mol. The summed E-state index contributed by atoms with van der Waals surface area (Å²) in [6, 6.07) is 13.7. The number of amides is 2. The molecule has 152 valence electrons. The van der Waals surface area contributed by atoms with Gasteiger partial charge in [0.1, 0.15) is 6.61 Å². The Bertz CT molecular complexity index is 893. The first-order chi connectivity index (χ1) is 13.9. The molecule has 7 nitrogen and oxygen atoms in total. The Balaban J connectivity index is 2.37. The van der Waals surface area contributed by atoms with Crippen molar-refractivity contribution < 1.29 is 23.9 Å². The van der Waals surface area contributed by atoms with E-state index in [0.717, 1.165) is 5.56 Å². The lowest BCUT2D eigenvalue weighted by atomic mass is 10.1. The number of carbonyl (C=O) groups excluding carboxylic acids is 3. The normalized spacial score (nSPS) is 10.0. The van der Waals surface area contributed by atoms with Crippen LogP contribution in [0.25, 0.3) is 0 Å². The largest absolute Gasteiger partial charge is 0.465 e. The van der Waals surface area contributed by atoms with Crippen molar-refractivity contribution in [2.75, 3.05) is 32.6 Å². The number of hydrogen-bond donors (Lipinski definition) is 0. The molecular weight excluding hydrogens is 372 g/mol. The van der Waals surface area contributed by atoms with Crippen molar-refractivity contribution in [3.8, 4) is 0 Å². The standard InChI is InChI=1S/C22H24N2O5/c1-5-11-24(22(27)29-15-16-9-7-6-8-10-16)19-13-17(20(25)23(2)3)12-18(14-19)21(26)28-4/h5-10,12-14H,1,11,15H2,2-4H3. The van der Waals surface area contributed by atoms with E-state index in [4.69, 9.17) is 9.47 Å². The molecule has 0 fully saturated rings. The van der Waals surface area contributed by atoms with Crippen molar-refractivity contribution in [3.63, 3.8) is 0 Å². The van der Waals surface area contributed by atoms with Gasteiger partial charge in [-0.05, 0) is 23.8 Å². The van der Waals surface area contributed by atoms with Gasteiger partial charge in [-0.3, -0.25) is 9.69 Å². The van der Waals surface area contributed by atoms with Gasteiger partial charge in [0, 0.05) is 31.9 Å². The van der Waals surface area contributed by atoms with Crippen LogP contribution in [0.1, 0.15) is 26.3 Å². The SMILES string of the molecule is C=CCN(C(=O)OCc1ccccc1)c1cc(C(=O)OC)cc(C(=O)N(C)C)c1. The highest BCUT2D eigenvalue weighted by Gasteiger charge is 2.21. The fraction of sp³-hybridized carbons (Fsp3) is 0.227. The molecule has 0 heterocycles. The molecule has 0 aliphatic rings. The lowest BCUT2D eigenvalue weighted by Crippen LogP contribution is -2.32. The summed E-state index contributed by atoms with van der Waals surface area (Å²) in [7, 11) is 4.45. The minimum absolute atomic E-state index is 0.0908. The summed E-state index contributed by atoms with van der Waals surface area (Å²) in [5, 5.41) is 0. The molecule has 2 rings (SSSR count). The van der Waals surface area contributed by atoms with Gasteiger partial charge in [0.25, 0.3) is 5.91 Å². The van der Waals surface area contributed by atoms with Crippen LogP contribution in [-0.4, -0.2) is 50.6 Å². The average Bonchev–Trinajstić information content (AvgIpc) is 2.74. The third-order valence-electron chi connectivity index (χ3n) is 4.04. The van der Waals surface area contributed by atoms with Crippen molar-refractivity contribution in [1.29, 1.82) is 0 Å². The van der Waals surface area contributed by atoms with E-state index in [9.17, 15) is 14.4 Å². The third-order valence-corrected chi connectivity index (χ3v) is 4.04. The molecule has 29 heavy (non-hydrogen) atoms. The molecule has 7 heteroatoms. The first-order valence-electron chi connectivity index (χ1n) is 8.91. The van der Waals surface area contributed by atoms with Crippen molar-refractivity contribution >= 4 is 23.7 Å². The zero-order valence-corrected chi connectivity index (χ0v) is 16.8. The maximum absolute atomic E-state index is 12.7. The summed E-state index contributed by atoms with van der Waals surface area (Å²) in [6.07, 6.45) is 0.904. The van der Waals surface area contributed by atoms with Crippen LogP contribution in [0.5, 0.6) is 0 Å². The lowest BCUT2D eigenvalue weighted by Gasteiger charge is -2.22. The summed E-state index contributed by atoms with van der Waals surface area (Å²) < 4.78 is 10.2. The van der Waals surface area contributed by atoms with Crippen LogP contribution in [0.4, 0.5) is 10.5 Å². The van der Waals surface area contributed by atoms with Crippen LogP contribution in [0.3, 0.4) is 0 Å². The van der Waals surface area contributed by atoms with E-state index in [0.29, 0.717) is 5.69 Å². The highest BCUT2D eigenvalue weighted by atomic mass is 16.6. The average molecular weight is 396 g/mol. The van der Waals surface area contributed by atoms with Gasteiger partial charge in [-0.25, -0.2) is 9.59 Å². The molecule has 0 unspecified atom stereocenters. The molecule has 0 atom stereocenters. The Hall–Kier alpha value is -3.61. The Kier molecular flexibility index (Phi) is 7.54. The minimum atomic E-state index is -0.626. The van der Waals surface area contributed by atoms with E-state index in [1.807, 2.05) is 30.3 Å². The Morgan fingerprint density at radius 3 is 2.28 bits per heavy atom. The molecule has 0 aliphatic carbocycles.